The van der Waals surface area contributed by atoms with Crippen LogP contribution in [0, 0.1) is 0 Å². The third kappa shape index (κ3) is 11.8. The van der Waals surface area contributed by atoms with Crippen molar-refractivity contribution in [3.05, 3.63) is 131 Å². The number of hydrogen-bond donors (Lipinski definition) is 2. The number of unbranched alkanes of at least 4 members (excludes halogenated alkanes) is 20. The van der Waals surface area contributed by atoms with Gasteiger partial charge < -0.3 is 0 Å². The fraction of sp³-hybridized carbons (Fsp3) is 0.472. The number of fused-ring (bicyclic) bond motifs is 8. The van der Waals surface area contributed by atoms with Crippen LogP contribution in [-0.2, 0) is 10.8 Å². The van der Waals surface area contributed by atoms with E-state index in [1.54, 1.807) is 22.3 Å². The summed E-state index contributed by atoms with van der Waals surface area (Å²) in [5.41, 5.74) is 22.0. The molecule has 0 amide bonds. The minimum atomic E-state index is -0.194. The summed E-state index contributed by atoms with van der Waals surface area (Å²) in [7, 11) is 0. The Morgan fingerprint density at radius 3 is 1.09 bits per heavy atom. The van der Waals surface area contributed by atoms with Crippen molar-refractivity contribution in [1.29, 1.82) is 0 Å². The second kappa shape index (κ2) is 27.4. The van der Waals surface area contributed by atoms with Gasteiger partial charge in [-0.1, -0.05) is 180 Å². The van der Waals surface area contributed by atoms with Crippen LogP contribution in [0.15, 0.2) is 109 Å². The fourth-order valence-electron chi connectivity index (χ4n) is 14.4. The Hall–Kier alpha value is -4.26. The van der Waals surface area contributed by atoms with Gasteiger partial charge in [-0.2, -0.15) is 0 Å². The Bertz CT molecular complexity index is 3080. The predicted molar refractivity (Wildman–Crippen MR) is 351 cm³/mol. The second-order valence-corrected chi connectivity index (χ2v) is 28.5. The van der Waals surface area contributed by atoms with E-state index in [1.807, 2.05) is 22.7 Å². The summed E-state index contributed by atoms with van der Waals surface area (Å²) in [5.74, 6) is 0. The first-order valence-electron chi connectivity index (χ1n) is 31.7. The monoisotopic (exact) mass is 1230 g/mol. The van der Waals surface area contributed by atoms with Crippen LogP contribution in [0.2, 0.25) is 0 Å². The second-order valence-electron chi connectivity index (χ2n) is 23.9. The molecule has 0 spiro atoms. The van der Waals surface area contributed by atoms with Gasteiger partial charge in [0.2, 0.25) is 0 Å². The summed E-state index contributed by atoms with van der Waals surface area (Å²) in [6, 6.07) is 43.5. The molecule has 5 aromatic carbocycles. The molecule has 8 aromatic rings. The molecule has 420 valence electrons. The summed E-state index contributed by atoms with van der Waals surface area (Å²) in [4.78, 5) is 5.21. The predicted octanol–water partition coefficient (Wildman–Crippen LogP) is 22.4. The zero-order valence-corrected chi connectivity index (χ0v) is 53.8. The molecule has 4 nitrogen and oxygen atoms in total. The molecule has 8 heteroatoms. The van der Waals surface area contributed by atoms with E-state index in [1.165, 1.54) is 255 Å². The zero-order chi connectivity index (χ0) is 54.7. The van der Waals surface area contributed by atoms with Gasteiger partial charge in [-0.3, -0.25) is 0 Å². The molecule has 0 bridgehead atoms. The molecule has 0 unspecified atom stereocenters. The third-order valence-corrected chi connectivity index (χ3v) is 23.4. The number of nitrogens with zero attached hydrogens (tertiary/aromatic N) is 2. The average molecular weight is 1230 g/mol. The van der Waals surface area contributed by atoms with Crippen molar-refractivity contribution in [2.45, 2.75) is 218 Å². The van der Waals surface area contributed by atoms with Gasteiger partial charge in [0, 0.05) is 0 Å². The van der Waals surface area contributed by atoms with E-state index in [4.69, 9.17) is 7.96 Å². The molecule has 0 fully saturated rings. The van der Waals surface area contributed by atoms with Crippen molar-refractivity contribution in [3.8, 4) is 64.0 Å². The quantitative estimate of drug-likeness (QED) is 0.0326. The molecule has 0 saturated carbocycles. The van der Waals surface area contributed by atoms with E-state index in [-0.39, 0.29) is 41.2 Å². The number of rotatable bonds is 32. The molecule has 0 radical (unpaired) electrons. The van der Waals surface area contributed by atoms with Gasteiger partial charge in [0.05, 0.1) is 0 Å². The molecule has 2 N–H and O–H groups in total. The van der Waals surface area contributed by atoms with Gasteiger partial charge in [0.25, 0.3) is 0 Å². The van der Waals surface area contributed by atoms with Gasteiger partial charge in [-0.15, -0.1) is 0 Å². The molecule has 80 heavy (non-hydrogen) atoms. The number of benzene rings is 5. The molecule has 0 atom stereocenters. The first-order valence-corrected chi connectivity index (χ1v) is 36.6. The Kier molecular flexibility index (Phi) is 19.7. The van der Waals surface area contributed by atoms with Crippen LogP contribution >= 0.6 is 22.7 Å². The van der Waals surface area contributed by atoms with Crippen LogP contribution in [0.3, 0.4) is 0 Å². The SMILES string of the molecule is CCCCCCCCC1(CCCCCCCC)c2ccccc2-c2ccc(-c3ccc(-c4c5c(c(-c6ccc(-c7ccc8c(c7)C(CCCCCCCC)(CCCCCCCC)c7ccccc7-8)s6)c6n[se]nc46)N[Se]N5)s3)cc21. The maximum absolute atomic E-state index is 5.29. The van der Waals surface area contributed by atoms with E-state index in [2.05, 4.69) is 146 Å². The summed E-state index contributed by atoms with van der Waals surface area (Å²) in [6.07, 6.45) is 36.9. The van der Waals surface area contributed by atoms with Crippen LogP contribution in [-0.4, -0.2) is 38.3 Å². The van der Waals surface area contributed by atoms with Crippen LogP contribution in [0.5, 0.6) is 0 Å². The standard InChI is InChI=1S/C72H88N4S2Se2/c1-5-9-13-17-21-29-45-71(46-30-22-18-14-10-6-2)57-35-27-25-33-53(57)55-39-37-51(49-59(55)71)61-41-43-63(77-61)65-67-69(75-79-73-67)66(70-68(65)74-80-76-70)64-44-42-62(78-64)52-38-40-56-54-34-26-28-36-58(54)72(60(56)50-52,47-31-23-19-15-11-7-3)48-32-24-20-16-12-8-4/h25-28,33-44,49-50,73,75H,5-24,29-32,45-48H2,1-4H3. The summed E-state index contributed by atoms with van der Waals surface area (Å²) in [5, 5.41) is 0. The van der Waals surface area contributed by atoms with Crippen molar-refractivity contribution >= 4 is 75.4 Å². The third-order valence-electron chi connectivity index (χ3n) is 18.7. The van der Waals surface area contributed by atoms with Crippen molar-refractivity contribution in [2.24, 2.45) is 0 Å². The molecule has 3 aromatic heterocycles. The zero-order valence-electron chi connectivity index (χ0n) is 48.7. The van der Waals surface area contributed by atoms with Gasteiger partial charge >= 0.3 is 325 Å². The van der Waals surface area contributed by atoms with E-state index in [9.17, 15) is 0 Å². The Balaban J connectivity index is 0.902. The molecule has 1 aliphatic heterocycles. The first-order chi connectivity index (χ1) is 39.5. The summed E-state index contributed by atoms with van der Waals surface area (Å²) < 4.78 is 18.4. The van der Waals surface area contributed by atoms with Gasteiger partial charge in [-0.05, 0) is 0 Å². The van der Waals surface area contributed by atoms with Crippen molar-refractivity contribution in [2.75, 3.05) is 8.67 Å². The van der Waals surface area contributed by atoms with Crippen molar-refractivity contribution in [1.82, 2.24) is 7.96 Å². The average Bonchev–Trinajstić information content (AvgIpc) is 4.55. The molecule has 0 saturated heterocycles. The number of hydrogen-bond acceptors (Lipinski definition) is 6. The summed E-state index contributed by atoms with van der Waals surface area (Å²) >= 11 is 3.70. The molecular formula is C72H88N4S2Se2. The maximum atomic E-state index is 5.29. The molecule has 3 aliphatic rings. The van der Waals surface area contributed by atoms with Crippen LogP contribution in [0.1, 0.15) is 230 Å². The normalized spacial score (nSPS) is 14.2. The Labute approximate surface area is 502 Å². The molecular weight excluding hydrogens is 1140 g/mol. The van der Waals surface area contributed by atoms with Gasteiger partial charge in [0.15, 0.2) is 0 Å². The number of aromatic nitrogens is 2. The van der Waals surface area contributed by atoms with Gasteiger partial charge in [0.1, 0.15) is 0 Å². The van der Waals surface area contributed by atoms with E-state index >= 15 is 0 Å². The van der Waals surface area contributed by atoms with Crippen LogP contribution in [0.4, 0.5) is 11.4 Å². The minimum absolute atomic E-state index is 0.0287. The van der Waals surface area contributed by atoms with Crippen LogP contribution in [0.25, 0.3) is 75.0 Å². The van der Waals surface area contributed by atoms with Crippen LogP contribution < -0.4 is 8.67 Å². The number of anilines is 2. The number of nitrogens with one attached hydrogen (secondary N) is 2. The Morgan fingerprint density at radius 1 is 0.362 bits per heavy atom. The molecule has 11 rings (SSSR count). The summed E-state index contributed by atoms with van der Waals surface area (Å²) in [6.45, 7) is 9.32. The topological polar surface area (TPSA) is 49.8 Å². The fourth-order valence-corrected chi connectivity index (χ4v) is 19.1. The molecule has 4 heterocycles. The van der Waals surface area contributed by atoms with Crippen molar-refractivity contribution < 1.29 is 0 Å². The van der Waals surface area contributed by atoms with E-state index in [0.29, 0.717) is 0 Å². The number of thiophene rings is 2. The van der Waals surface area contributed by atoms with E-state index < -0.39 is 0 Å². The van der Waals surface area contributed by atoms with E-state index in [0.717, 1.165) is 11.0 Å². The van der Waals surface area contributed by atoms with Gasteiger partial charge in [-0.25, -0.2) is 0 Å². The Morgan fingerprint density at radius 2 is 0.700 bits per heavy atom. The van der Waals surface area contributed by atoms with Crippen molar-refractivity contribution in [3.63, 3.8) is 0 Å². The first kappa shape index (κ1) is 57.6. The molecule has 2 aliphatic carbocycles.